The molecule has 1 aliphatic carbocycles. The predicted molar refractivity (Wildman–Crippen MR) is 99.8 cm³/mol. The van der Waals surface area contributed by atoms with Crippen LogP contribution in [-0.2, 0) is 14.8 Å². The summed E-state index contributed by atoms with van der Waals surface area (Å²) >= 11 is 0. The molecule has 0 bridgehead atoms. The highest BCUT2D eigenvalue weighted by atomic mass is 32.2. The third kappa shape index (κ3) is 4.75. The normalized spacial score (nSPS) is 18.0. The number of hydrogen-bond donors (Lipinski definition) is 2. The van der Waals surface area contributed by atoms with Crippen molar-refractivity contribution in [3.63, 3.8) is 0 Å². The van der Waals surface area contributed by atoms with E-state index >= 15 is 0 Å². The average Bonchev–Trinajstić information content (AvgIpc) is 3.25. The molecule has 2 N–H and O–H groups in total. The number of ether oxygens (including phenoxy) is 1. The van der Waals surface area contributed by atoms with E-state index in [-0.39, 0.29) is 17.3 Å². The summed E-state index contributed by atoms with van der Waals surface area (Å²) in [6.07, 6.45) is 4.19. The maximum Gasteiger partial charge on any atom is 0.246 e. The van der Waals surface area contributed by atoms with E-state index in [2.05, 4.69) is 10.6 Å². The molecule has 0 aromatic heterocycles. The zero-order valence-electron chi connectivity index (χ0n) is 15.2. The molecule has 1 aromatic rings. The van der Waals surface area contributed by atoms with E-state index in [0.29, 0.717) is 37.1 Å². The summed E-state index contributed by atoms with van der Waals surface area (Å²) in [4.78, 5) is 12.2. The molecule has 26 heavy (non-hydrogen) atoms. The van der Waals surface area contributed by atoms with Crippen molar-refractivity contribution in [1.82, 2.24) is 9.62 Å². The van der Waals surface area contributed by atoms with Gasteiger partial charge in [-0.05, 0) is 63.3 Å². The first-order chi connectivity index (χ1) is 12.5. The van der Waals surface area contributed by atoms with Crippen LogP contribution in [0.1, 0.15) is 32.6 Å². The van der Waals surface area contributed by atoms with Gasteiger partial charge in [0.05, 0.1) is 13.2 Å². The molecular formula is C18H27N3O4S. The standard InChI is InChI=1S/C18H27N3O4S/c1-2-25-16-8-7-15(20-18(22)13-19-12-14-5-6-14)11-17(16)26(23,24)21-9-3-4-10-21/h7-8,11,14,19H,2-6,9-10,12-13H2,1H3,(H,20,22). The van der Waals surface area contributed by atoms with Crippen molar-refractivity contribution >= 4 is 21.6 Å². The summed E-state index contributed by atoms with van der Waals surface area (Å²) in [5.41, 5.74) is 0.462. The Hall–Kier alpha value is -1.64. The quantitative estimate of drug-likeness (QED) is 0.681. The highest BCUT2D eigenvalue weighted by Gasteiger charge is 2.30. The molecular weight excluding hydrogens is 354 g/mol. The Morgan fingerprint density at radius 1 is 1.27 bits per heavy atom. The summed E-state index contributed by atoms with van der Waals surface area (Å²) in [6.45, 7) is 4.31. The van der Waals surface area contributed by atoms with Crippen molar-refractivity contribution < 1.29 is 17.9 Å². The number of nitrogens with one attached hydrogen (secondary N) is 2. The lowest BCUT2D eigenvalue weighted by molar-refractivity contribution is -0.115. The fourth-order valence-electron chi connectivity index (χ4n) is 3.05. The van der Waals surface area contributed by atoms with Gasteiger partial charge in [0, 0.05) is 18.8 Å². The van der Waals surface area contributed by atoms with Crippen LogP contribution in [0.5, 0.6) is 5.75 Å². The first-order valence-electron chi connectivity index (χ1n) is 9.28. The molecule has 0 unspecified atom stereocenters. The maximum atomic E-state index is 12.9. The highest BCUT2D eigenvalue weighted by Crippen LogP contribution is 2.31. The lowest BCUT2D eigenvalue weighted by Crippen LogP contribution is -2.30. The zero-order valence-corrected chi connectivity index (χ0v) is 16.0. The topological polar surface area (TPSA) is 87.7 Å². The number of amides is 1. The molecule has 1 heterocycles. The molecule has 8 heteroatoms. The Labute approximate surface area is 155 Å². The van der Waals surface area contributed by atoms with Crippen molar-refractivity contribution in [2.24, 2.45) is 5.92 Å². The molecule has 2 fully saturated rings. The third-order valence-corrected chi connectivity index (χ3v) is 6.55. The van der Waals surface area contributed by atoms with Crippen LogP contribution >= 0.6 is 0 Å². The Kier molecular flexibility index (Phi) is 6.16. The van der Waals surface area contributed by atoms with Gasteiger partial charge in [0.1, 0.15) is 10.6 Å². The van der Waals surface area contributed by atoms with Gasteiger partial charge in [0.25, 0.3) is 0 Å². The van der Waals surface area contributed by atoms with Gasteiger partial charge in [0.2, 0.25) is 15.9 Å². The molecule has 2 aliphatic rings. The van der Waals surface area contributed by atoms with Gasteiger partial charge in [0.15, 0.2) is 0 Å². The molecule has 7 nitrogen and oxygen atoms in total. The van der Waals surface area contributed by atoms with Crippen LogP contribution < -0.4 is 15.4 Å². The Morgan fingerprint density at radius 2 is 2.00 bits per heavy atom. The second-order valence-electron chi connectivity index (χ2n) is 6.83. The van der Waals surface area contributed by atoms with Gasteiger partial charge in [-0.1, -0.05) is 0 Å². The van der Waals surface area contributed by atoms with E-state index in [1.807, 2.05) is 6.92 Å². The Balaban J connectivity index is 1.73. The number of hydrogen-bond acceptors (Lipinski definition) is 5. The van der Waals surface area contributed by atoms with E-state index < -0.39 is 10.0 Å². The van der Waals surface area contributed by atoms with Crippen molar-refractivity contribution in [1.29, 1.82) is 0 Å². The fraction of sp³-hybridized carbons (Fsp3) is 0.611. The average molecular weight is 381 g/mol. The first-order valence-corrected chi connectivity index (χ1v) is 10.7. The molecule has 1 aromatic carbocycles. The fourth-order valence-corrected chi connectivity index (χ4v) is 4.72. The van der Waals surface area contributed by atoms with Gasteiger partial charge < -0.3 is 15.4 Å². The number of nitrogens with zero attached hydrogens (tertiary/aromatic N) is 1. The minimum absolute atomic E-state index is 0.116. The van der Waals surface area contributed by atoms with Crippen LogP contribution in [0.4, 0.5) is 5.69 Å². The Bertz CT molecular complexity index is 741. The number of carbonyl (C=O) groups excluding carboxylic acids is 1. The molecule has 1 amide bonds. The lowest BCUT2D eigenvalue weighted by atomic mass is 10.3. The third-order valence-electron chi connectivity index (χ3n) is 4.63. The lowest BCUT2D eigenvalue weighted by Gasteiger charge is -2.19. The molecule has 1 saturated carbocycles. The van der Waals surface area contributed by atoms with Gasteiger partial charge in [-0.3, -0.25) is 4.79 Å². The number of carbonyl (C=O) groups is 1. The minimum Gasteiger partial charge on any atom is -0.492 e. The number of anilines is 1. The second kappa shape index (κ2) is 8.37. The number of sulfonamides is 1. The summed E-state index contributed by atoms with van der Waals surface area (Å²) in [5.74, 6) is 0.842. The summed E-state index contributed by atoms with van der Waals surface area (Å²) in [7, 11) is -3.63. The molecule has 1 saturated heterocycles. The largest absolute Gasteiger partial charge is 0.492 e. The van der Waals surface area contributed by atoms with E-state index in [0.717, 1.165) is 19.4 Å². The van der Waals surface area contributed by atoms with Gasteiger partial charge >= 0.3 is 0 Å². The zero-order chi connectivity index (χ0) is 18.6. The van der Waals surface area contributed by atoms with Crippen molar-refractivity contribution in [2.75, 3.05) is 38.1 Å². The highest BCUT2D eigenvalue weighted by molar-refractivity contribution is 7.89. The van der Waals surface area contributed by atoms with Crippen LogP contribution in [0.3, 0.4) is 0 Å². The summed E-state index contributed by atoms with van der Waals surface area (Å²) in [6, 6.07) is 4.78. The van der Waals surface area contributed by atoms with Crippen LogP contribution in [0.15, 0.2) is 23.1 Å². The first kappa shape index (κ1) is 19.1. The second-order valence-corrected chi connectivity index (χ2v) is 8.73. The molecule has 0 radical (unpaired) electrons. The molecule has 0 atom stereocenters. The Morgan fingerprint density at radius 3 is 2.65 bits per heavy atom. The van der Waals surface area contributed by atoms with Crippen LogP contribution in [0.25, 0.3) is 0 Å². The molecule has 144 valence electrons. The molecule has 1 aliphatic heterocycles. The van der Waals surface area contributed by atoms with Gasteiger partial charge in [-0.15, -0.1) is 0 Å². The van der Waals surface area contributed by atoms with Crippen molar-refractivity contribution in [2.45, 2.75) is 37.5 Å². The number of rotatable bonds is 9. The van der Waals surface area contributed by atoms with Gasteiger partial charge in [-0.25, -0.2) is 8.42 Å². The summed E-state index contributed by atoms with van der Waals surface area (Å²) in [5, 5.41) is 5.89. The summed E-state index contributed by atoms with van der Waals surface area (Å²) < 4.78 is 32.9. The maximum absolute atomic E-state index is 12.9. The van der Waals surface area contributed by atoms with E-state index in [1.54, 1.807) is 12.1 Å². The van der Waals surface area contributed by atoms with E-state index in [1.165, 1.54) is 23.2 Å². The van der Waals surface area contributed by atoms with Crippen LogP contribution in [0, 0.1) is 5.92 Å². The number of benzene rings is 1. The molecule has 0 spiro atoms. The van der Waals surface area contributed by atoms with Crippen LogP contribution in [-0.4, -0.2) is 51.4 Å². The van der Waals surface area contributed by atoms with Crippen LogP contribution in [0.2, 0.25) is 0 Å². The van der Waals surface area contributed by atoms with E-state index in [9.17, 15) is 13.2 Å². The molecule has 3 rings (SSSR count). The SMILES string of the molecule is CCOc1ccc(NC(=O)CNCC2CC2)cc1S(=O)(=O)N1CCCC1. The monoisotopic (exact) mass is 381 g/mol. The predicted octanol–water partition coefficient (Wildman–Crippen LogP) is 1.81. The van der Waals surface area contributed by atoms with Crippen molar-refractivity contribution in [3.05, 3.63) is 18.2 Å². The van der Waals surface area contributed by atoms with E-state index in [4.69, 9.17) is 4.74 Å². The van der Waals surface area contributed by atoms with Crippen molar-refractivity contribution in [3.8, 4) is 5.75 Å². The minimum atomic E-state index is -3.63. The smallest absolute Gasteiger partial charge is 0.246 e. The van der Waals surface area contributed by atoms with Gasteiger partial charge in [-0.2, -0.15) is 4.31 Å².